The van der Waals surface area contributed by atoms with Gasteiger partial charge in [0.2, 0.25) is 0 Å². The third-order valence-corrected chi connectivity index (χ3v) is 5.12. The molecule has 0 spiro atoms. The first-order valence-electron chi connectivity index (χ1n) is 10.5. The smallest absolute Gasteiger partial charge is 0.251 e. The van der Waals surface area contributed by atoms with Gasteiger partial charge in [-0.25, -0.2) is 4.39 Å². The Labute approximate surface area is 186 Å². The maximum atomic E-state index is 13.1. The molecule has 4 nitrogen and oxygen atoms in total. The summed E-state index contributed by atoms with van der Waals surface area (Å²) in [5.74, 6) is 0.936. The van der Waals surface area contributed by atoms with Gasteiger partial charge in [-0.05, 0) is 54.3 Å². The van der Waals surface area contributed by atoms with Gasteiger partial charge in [-0.2, -0.15) is 0 Å². The first-order valence-corrected chi connectivity index (χ1v) is 10.5. The second-order valence-corrected chi connectivity index (χ2v) is 7.33. The Bertz CT molecular complexity index is 1220. The molecule has 1 N–H and O–H groups in total. The lowest BCUT2D eigenvalue weighted by Crippen LogP contribution is -2.23. The van der Waals surface area contributed by atoms with Gasteiger partial charge in [-0.1, -0.05) is 48.5 Å². The van der Waals surface area contributed by atoms with Gasteiger partial charge in [0.15, 0.2) is 0 Å². The average molecular weight is 429 g/mol. The number of carbonyl (C=O) groups excluding carboxylic acids is 1. The SMILES string of the molecule is CCOc1ccc(C(=O)NCc2ccc(F)cc2)cc1COc1cccc2ccccc12. The van der Waals surface area contributed by atoms with Crippen molar-refractivity contribution in [2.45, 2.75) is 20.1 Å². The van der Waals surface area contributed by atoms with Gasteiger partial charge in [-0.3, -0.25) is 4.79 Å². The van der Waals surface area contributed by atoms with Crippen molar-refractivity contribution in [1.82, 2.24) is 5.32 Å². The summed E-state index contributed by atoms with van der Waals surface area (Å²) >= 11 is 0. The minimum atomic E-state index is -0.303. The molecule has 32 heavy (non-hydrogen) atoms. The number of amides is 1. The molecule has 0 saturated heterocycles. The molecule has 162 valence electrons. The highest BCUT2D eigenvalue weighted by molar-refractivity contribution is 5.94. The molecule has 0 unspecified atom stereocenters. The van der Waals surface area contributed by atoms with Crippen LogP contribution in [0.3, 0.4) is 0 Å². The summed E-state index contributed by atoms with van der Waals surface area (Å²) in [5, 5.41) is 5.00. The van der Waals surface area contributed by atoms with Crippen LogP contribution in [0, 0.1) is 5.82 Å². The highest BCUT2D eigenvalue weighted by Gasteiger charge is 2.12. The molecule has 0 fully saturated rings. The first-order chi connectivity index (χ1) is 15.6. The number of rotatable bonds is 8. The van der Waals surface area contributed by atoms with Crippen LogP contribution in [-0.2, 0) is 13.2 Å². The van der Waals surface area contributed by atoms with E-state index in [1.807, 2.05) is 49.4 Å². The van der Waals surface area contributed by atoms with E-state index in [0.717, 1.165) is 27.6 Å². The van der Waals surface area contributed by atoms with Gasteiger partial charge in [0.1, 0.15) is 23.9 Å². The Balaban J connectivity index is 1.50. The maximum absolute atomic E-state index is 13.1. The highest BCUT2D eigenvalue weighted by Crippen LogP contribution is 2.28. The predicted molar refractivity (Wildman–Crippen MR) is 123 cm³/mol. The van der Waals surface area contributed by atoms with Crippen molar-refractivity contribution in [3.63, 3.8) is 0 Å². The van der Waals surface area contributed by atoms with E-state index < -0.39 is 0 Å². The second kappa shape index (κ2) is 9.96. The van der Waals surface area contributed by atoms with Crippen LogP contribution < -0.4 is 14.8 Å². The lowest BCUT2D eigenvalue weighted by Gasteiger charge is -2.14. The second-order valence-electron chi connectivity index (χ2n) is 7.33. The molecular formula is C27H24FNO3. The molecule has 0 aliphatic carbocycles. The van der Waals surface area contributed by atoms with E-state index in [-0.39, 0.29) is 18.3 Å². The van der Waals surface area contributed by atoms with E-state index in [4.69, 9.17) is 9.47 Å². The van der Waals surface area contributed by atoms with Crippen molar-refractivity contribution >= 4 is 16.7 Å². The van der Waals surface area contributed by atoms with Gasteiger partial charge in [0.05, 0.1) is 6.61 Å². The Kier molecular flexibility index (Phi) is 6.66. The van der Waals surface area contributed by atoms with Crippen LogP contribution in [0.1, 0.15) is 28.4 Å². The molecule has 0 bridgehead atoms. The fourth-order valence-corrected chi connectivity index (χ4v) is 3.49. The lowest BCUT2D eigenvalue weighted by molar-refractivity contribution is 0.0950. The minimum Gasteiger partial charge on any atom is -0.493 e. The first kappa shape index (κ1) is 21.4. The molecule has 0 aliphatic rings. The molecule has 4 aromatic carbocycles. The zero-order valence-electron chi connectivity index (χ0n) is 17.8. The van der Waals surface area contributed by atoms with Crippen LogP contribution in [0.25, 0.3) is 10.8 Å². The molecular weight excluding hydrogens is 405 g/mol. The van der Waals surface area contributed by atoms with Crippen molar-refractivity contribution in [1.29, 1.82) is 0 Å². The molecule has 5 heteroatoms. The summed E-state index contributed by atoms with van der Waals surface area (Å²) in [6.45, 7) is 3.01. The molecule has 0 saturated carbocycles. The van der Waals surface area contributed by atoms with Crippen LogP contribution in [0.2, 0.25) is 0 Å². The third-order valence-electron chi connectivity index (χ3n) is 5.12. The third kappa shape index (κ3) is 5.06. The monoisotopic (exact) mass is 429 g/mol. The molecule has 0 radical (unpaired) electrons. The number of hydrogen-bond donors (Lipinski definition) is 1. The van der Waals surface area contributed by atoms with Crippen LogP contribution >= 0.6 is 0 Å². The quantitative estimate of drug-likeness (QED) is 0.380. The summed E-state index contributed by atoms with van der Waals surface area (Å²) in [6, 6.07) is 25.3. The summed E-state index contributed by atoms with van der Waals surface area (Å²) in [7, 11) is 0. The standard InChI is InChI=1S/C27H24FNO3/c1-2-31-25-15-12-21(27(30)29-17-19-10-13-23(28)14-11-19)16-22(25)18-32-26-9-5-7-20-6-3-4-8-24(20)26/h3-16H,2,17-18H2,1H3,(H,29,30). The van der Waals surface area contributed by atoms with Crippen LogP contribution in [0.5, 0.6) is 11.5 Å². The molecule has 0 aliphatic heterocycles. The van der Waals surface area contributed by atoms with Crippen molar-refractivity contribution in [3.05, 3.63) is 107 Å². The van der Waals surface area contributed by atoms with E-state index in [1.54, 1.807) is 30.3 Å². The fourth-order valence-electron chi connectivity index (χ4n) is 3.49. The number of carbonyl (C=O) groups is 1. The van der Waals surface area contributed by atoms with E-state index >= 15 is 0 Å². The van der Waals surface area contributed by atoms with E-state index in [9.17, 15) is 9.18 Å². The normalized spacial score (nSPS) is 10.7. The van der Waals surface area contributed by atoms with Gasteiger partial charge in [-0.15, -0.1) is 0 Å². The molecule has 0 heterocycles. The Morgan fingerprint density at radius 3 is 2.47 bits per heavy atom. The number of benzene rings is 4. The maximum Gasteiger partial charge on any atom is 0.251 e. The molecule has 4 aromatic rings. The van der Waals surface area contributed by atoms with Crippen LogP contribution in [0.15, 0.2) is 84.9 Å². The van der Waals surface area contributed by atoms with Crippen LogP contribution in [0.4, 0.5) is 4.39 Å². The van der Waals surface area contributed by atoms with Crippen LogP contribution in [-0.4, -0.2) is 12.5 Å². The highest BCUT2D eigenvalue weighted by atomic mass is 19.1. The van der Waals surface area contributed by atoms with Crippen molar-refractivity contribution in [2.24, 2.45) is 0 Å². The zero-order chi connectivity index (χ0) is 22.3. The topological polar surface area (TPSA) is 47.6 Å². The Morgan fingerprint density at radius 2 is 1.66 bits per heavy atom. The van der Waals surface area contributed by atoms with E-state index in [2.05, 4.69) is 5.32 Å². The van der Waals surface area contributed by atoms with E-state index in [0.29, 0.717) is 24.5 Å². The molecule has 1 amide bonds. The number of nitrogens with one attached hydrogen (secondary N) is 1. The van der Waals surface area contributed by atoms with Gasteiger partial charge in [0.25, 0.3) is 5.91 Å². The summed E-state index contributed by atoms with van der Waals surface area (Å²) in [6.07, 6.45) is 0. The average Bonchev–Trinajstić information content (AvgIpc) is 2.83. The lowest BCUT2D eigenvalue weighted by atomic mass is 10.1. The number of hydrogen-bond acceptors (Lipinski definition) is 3. The van der Waals surface area contributed by atoms with E-state index in [1.165, 1.54) is 12.1 Å². The molecule has 4 rings (SSSR count). The number of ether oxygens (including phenoxy) is 2. The summed E-state index contributed by atoms with van der Waals surface area (Å²) in [4.78, 5) is 12.7. The van der Waals surface area contributed by atoms with Crippen molar-refractivity contribution in [3.8, 4) is 11.5 Å². The number of halogens is 1. The zero-order valence-corrected chi connectivity index (χ0v) is 17.8. The molecule has 0 atom stereocenters. The van der Waals surface area contributed by atoms with Gasteiger partial charge < -0.3 is 14.8 Å². The molecule has 0 aromatic heterocycles. The summed E-state index contributed by atoms with van der Waals surface area (Å²) in [5.41, 5.74) is 2.12. The minimum absolute atomic E-state index is 0.219. The van der Waals surface area contributed by atoms with Gasteiger partial charge >= 0.3 is 0 Å². The predicted octanol–water partition coefficient (Wildman–Crippen LogP) is 5.89. The number of fused-ring (bicyclic) bond motifs is 1. The van der Waals surface area contributed by atoms with Crippen molar-refractivity contribution in [2.75, 3.05) is 6.61 Å². The Morgan fingerprint density at radius 1 is 0.875 bits per heavy atom. The Hall–Kier alpha value is -3.86. The largest absolute Gasteiger partial charge is 0.493 e. The van der Waals surface area contributed by atoms with Crippen molar-refractivity contribution < 1.29 is 18.7 Å². The summed E-state index contributed by atoms with van der Waals surface area (Å²) < 4.78 is 24.9. The fraction of sp³-hybridized carbons (Fsp3) is 0.148. The van der Waals surface area contributed by atoms with Gasteiger partial charge in [0, 0.05) is 23.1 Å².